The van der Waals surface area contributed by atoms with Gasteiger partial charge in [-0.25, -0.2) is 13.8 Å². The molecule has 0 bridgehead atoms. The van der Waals surface area contributed by atoms with Gasteiger partial charge in [-0.1, -0.05) is 19.6 Å². The van der Waals surface area contributed by atoms with E-state index in [1.165, 1.54) is 12.1 Å². The Morgan fingerprint density at radius 2 is 1.83 bits per heavy atom. The molecule has 2 heterocycles. The number of aromatic nitrogens is 3. The third-order valence-corrected chi connectivity index (χ3v) is 9.45. The summed E-state index contributed by atoms with van der Waals surface area (Å²) in [7, 11) is -1.20. The van der Waals surface area contributed by atoms with Gasteiger partial charge >= 0.3 is 0 Å². The normalized spacial score (nSPS) is 14.5. The fourth-order valence-corrected chi connectivity index (χ4v) is 5.76. The summed E-state index contributed by atoms with van der Waals surface area (Å²) in [4.78, 5) is 9.02. The lowest BCUT2D eigenvalue weighted by atomic mass is 10.0. The zero-order valence-corrected chi connectivity index (χ0v) is 24.4. The van der Waals surface area contributed by atoms with E-state index in [0.29, 0.717) is 34.6 Å². The monoisotopic (exact) mass is 586 g/mol. The number of halogens is 3. The molecule has 192 valence electrons. The molecule has 35 heavy (non-hydrogen) atoms. The molecule has 0 aliphatic carbocycles. The average molecular weight is 588 g/mol. The van der Waals surface area contributed by atoms with Gasteiger partial charge in [-0.15, -0.1) is 4.72 Å². The number of pyridine rings is 1. The highest BCUT2D eigenvalue weighted by Crippen LogP contribution is 2.32. The molecule has 3 aromatic rings. The van der Waals surface area contributed by atoms with Crippen LogP contribution >= 0.6 is 15.9 Å². The molecule has 0 aliphatic rings. The zero-order valence-electron chi connectivity index (χ0n) is 21.0. The first kappa shape index (κ1) is 28.2. The first-order valence-corrected chi connectivity index (χ1v) is 17.1. The maximum atomic E-state index is 13.9. The van der Waals surface area contributed by atoms with E-state index in [1.807, 2.05) is 25.3 Å². The van der Waals surface area contributed by atoms with Crippen molar-refractivity contribution < 1.29 is 18.1 Å². The number of hydrogen-bond donors (Lipinski definition) is 1. The number of ether oxygens (including phenoxy) is 1. The lowest BCUT2D eigenvalue weighted by molar-refractivity contribution is 0.0898. The van der Waals surface area contributed by atoms with E-state index < -0.39 is 41.9 Å². The van der Waals surface area contributed by atoms with E-state index >= 15 is 0 Å². The number of nitrogens with one attached hydrogen (secondary N) is 1. The largest absolute Gasteiger partial charge is 0.598 e. The second kappa shape index (κ2) is 11.3. The van der Waals surface area contributed by atoms with Crippen molar-refractivity contribution in [2.24, 2.45) is 0 Å². The summed E-state index contributed by atoms with van der Waals surface area (Å²) in [5, 5.41) is 0. The van der Waals surface area contributed by atoms with Gasteiger partial charge in [0.2, 0.25) is 0 Å². The lowest BCUT2D eigenvalue weighted by Crippen LogP contribution is -2.42. The number of fused-ring (bicyclic) bond motifs is 1. The molecule has 3 rings (SSSR count). The van der Waals surface area contributed by atoms with Gasteiger partial charge in [-0.05, 0) is 66.9 Å². The lowest BCUT2D eigenvalue weighted by Gasteiger charge is -2.28. The summed E-state index contributed by atoms with van der Waals surface area (Å²) >= 11 is 2.23. The van der Waals surface area contributed by atoms with Gasteiger partial charge in [-0.2, -0.15) is 0 Å². The molecular weight excluding hydrogens is 554 g/mol. The topological polar surface area (TPSA) is 75.0 Å². The van der Waals surface area contributed by atoms with Crippen molar-refractivity contribution in [2.45, 2.75) is 70.4 Å². The summed E-state index contributed by atoms with van der Waals surface area (Å²) < 4.78 is 51.8. The van der Waals surface area contributed by atoms with E-state index in [4.69, 9.17) is 4.74 Å². The molecule has 11 heteroatoms. The second-order valence-electron chi connectivity index (χ2n) is 10.8. The van der Waals surface area contributed by atoms with Crippen LogP contribution in [0.2, 0.25) is 25.7 Å². The van der Waals surface area contributed by atoms with Crippen molar-refractivity contribution >= 4 is 46.4 Å². The molecule has 2 aromatic heterocycles. The third kappa shape index (κ3) is 7.80. The minimum atomic E-state index is -1.45. The van der Waals surface area contributed by atoms with Crippen molar-refractivity contribution in [3.63, 3.8) is 0 Å². The molecule has 2 unspecified atom stereocenters. The molecule has 0 radical (unpaired) electrons. The minimum absolute atomic E-state index is 0.189. The standard InChI is InChI=1S/C24H33BrF2N4O2SSi/c1-24(2,3)34(32)30-19(11-16-9-17(26)12-18(27)10-16)22-21(25)23-20(13-28-22)29-14-31(23)15-33-7-8-35(4,5)6/h9-10,12-14,19,30H,7-8,11,15H2,1-6H3. The Bertz CT molecular complexity index is 1150. The van der Waals surface area contributed by atoms with E-state index in [9.17, 15) is 13.3 Å². The van der Waals surface area contributed by atoms with E-state index in [-0.39, 0.29) is 6.42 Å². The fraction of sp³-hybridized carbons (Fsp3) is 0.500. The molecule has 0 fully saturated rings. The first-order valence-electron chi connectivity index (χ1n) is 11.4. The Labute approximate surface area is 218 Å². The minimum Gasteiger partial charge on any atom is -0.598 e. The summed E-state index contributed by atoms with van der Waals surface area (Å²) in [5.41, 5.74) is 2.48. The van der Waals surface area contributed by atoms with Crippen LogP contribution < -0.4 is 4.72 Å². The van der Waals surface area contributed by atoms with Crippen molar-refractivity contribution in [3.05, 3.63) is 58.1 Å². The second-order valence-corrected chi connectivity index (χ2v) is 19.2. The van der Waals surface area contributed by atoms with Crippen LogP contribution in [-0.2, 0) is 29.3 Å². The van der Waals surface area contributed by atoms with Crippen LogP contribution in [0.15, 0.2) is 35.2 Å². The maximum absolute atomic E-state index is 13.9. The van der Waals surface area contributed by atoms with Crippen molar-refractivity contribution in [2.75, 3.05) is 6.61 Å². The quantitative estimate of drug-likeness (QED) is 0.176. The Morgan fingerprint density at radius 1 is 1.17 bits per heavy atom. The third-order valence-electron chi connectivity index (χ3n) is 5.35. The highest BCUT2D eigenvalue weighted by molar-refractivity contribution is 9.10. The van der Waals surface area contributed by atoms with E-state index in [2.05, 4.69) is 50.3 Å². The van der Waals surface area contributed by atoms with Gasteiger partial charge in [0, 0.05) is 32.1 Å². The summed E-state index contributed by atoms with van der Waals surface area (Å²) in [6.07, 6.45) is 3.54. The molecular formula is C24H33BrF2N4O2SSi. The first-order chi connectivity index (χ1) is 16.2. The molecule has 0 saturated carbocycles. The smallest absolute Gasteiger partial charge is 0.136 e. The molecule has 6 nitrogen and oxygen atoms in total. The van der Waals surface area contributed by atoms with Gasteiger partial charge in [-0.3, -0.25) is 4.98 Å². The number of nitrogens with zero attached hydrogens (tertiary/aromatic N) is 3. The number of imidazole rings is 1. The van der Waals surface area contributed by atoms with Crippen LogP contribution in [0.3, 0.4) is 0 Å². The number of benzene rings is 1. The number of hydrogen-bond acceptors (Lipinski definition) is 5. The van der Waals surface area contributed by atoms with Crippen LogP contribution in [0.25, 0.3) is 11.0 Å². The van der Waals surface area contributed by atoms with E-state index in [1.54, 1.807) is 12.5 Å². The summed E-state index contributed by atoms with van der Waals surface area (Å²) in [6.45, 7) is 13.5. The molecule has 2 atom stereocenters. The average Bonchev–Trinajstić information content (AvgIpc) is 3.13. The van der Waals surface area contributed by atoms with Gasteiger partial charge in [0.05, 0.1) is 34.2 Å². The molecule has 0 spiro atoms. The predicted octanol–water partition coefficient (Wildman–Crippen LogP) is 6.12. The highest BCUT2D eigenvalue weighted by atomic mass is 79.9. The Morgan fingerprint density at radius 3 is 2.43 bits per heavy atom. The Kier molecular flexibility index (Phi) is 9.14. The van der Waals surface area contributed by atoms with Gasteiger partial charge in [0.1, 0.15) is 28.6 Å². The zero-order chi connectivity index (χ0) is 26.0. The van der Waals surface area contributed by atoms with Crippen molar-refractivity contribution in [1.82, 2.24) is 19.3 Å². The number of rotatable bonds is 10. The summed E-state index contributed by atoms with van der Waals surface area (Å²) in [6, 6.07) is 3.87. The predicted molar refractivity (Wildman–Crippen MR) is 143 cm³/mol. The van der Waals surface area contributed by atoms with Crippen LogP contribution in [-0.4, -0.2) is 38.5 Å². The molecule has 0 amide bonds. The molecule has 0 aliphatic heterocycles. The maximum Gasteiger partial charge on any atom is 0.136 e. The molecule has 1 N–H and O–H groups in total. The SMILES string of the molecule is CC(C)(C)[S+]([O-])NC(Cc1cc(F)cc(F)c1)c1ncc2ncn(COCC[Si](C)(C)C)c2c1Br. The molecule has 0 saturated heterocycles. The fourth-order valence-electron chi connectivity index (χ4n) is 3.39. The van der Waals surface area contributed by atoms with E-state index in [0.717, 1.165) is 17.6 Å². The molecule has 1 aromatic carbocycles. The van der Waals surface area contributed by atoms with Gasteiger partial charge in [0.25, 0.3) is 0 Å². The van der Waals surface area contributed by atoms with Crippen LogP contribution in [0, 0.1) is 11.6 Å². The summed E-state index contributed by atoms with van der Waals surface area (Å²) in [5.74, 6) is -1.32. The van der Waals surface area contributed by atoms with Crippen molar-refractivity contribution in [3.8, 4) is 0 Å². The van der Waals surface area contributed by atoms with Crippen LogP contribution in [0.5, 0.6) is 0 Å². The van der Waals surface area contributed by atoms with Gasteiger partial charge < -0.3 is 13.9 Å². The van der Waals surface area contributed by atoms with Gasteiger partial charge in [0.15, 0.2) is 0 Å². The Hall–Kier alpha value is -1.37. The van der Waals surface area contributed by atoms with Crippen molar-refractivity contribution in [1.29, 1.82) is 0 Å². The van der Waals surface area contributed by atoms with Crippen LogP contribution in [0.4, 0.5) is 8.78 Å². The Balaban J connectivity index is 1.95. The van der Waals surface area contributed by atoms with Crippen LogP contribution in [0.1, 0.15) is 38.1 Å². The highest BCUT2D eigenvalue weighted by Gasteiger charge is 2.32.